The lowest BCUT2D eigenvalue weighted by atomic mass is 10.0. The van der Waals surface area contributed by atoms with Crippen molar-refractivity contribution in [2.24, 2.45) is 0 Å². The van der Waals surface area contributed by atoms with Crippen LogP contribution in [0.15, 0.2) is 48.5 Å². The van der Waals surface area contributed by atoms with Gasteiger partial charge in [0.05, 0.1) is 7.11 Å². The molecule has 0 amide bonds. The van der Waals surface area contributed by atoms with Crippen molar-refractivity contribution in [3.8, 4) is 5.75 Å². The number of carboxylic acid groups (broad SMARTS) is 1. The number of hydrogen-bond acceptors (Lipinski definition) is 3. The Morgan fingerprint density at radius 3 is 2.62 bits per heavy atom. The minimum atomic E-state index is -0.761. The number of rotatable bonds is 9. The van der Waals surface area contributed by atoms with E-state index in [0.717, 1.165) is 17.7 Å². The standard InChI is InChI=1S/C20H25NO3/c1-15-8-10-19(24-2)17(12-15)14-21-18(9-11-20(22)23)13-16-6-4-3-5-7-16/h3-8,10,12,18,21H,9,11,13-14H2,1-2H3,(H,22,23). The SMILES string of the molecule is COc1ccc(C)cc1CNC(CCC(=O)O)Cc1ccccc1. The smallest absolute Gasteiger partial charge is 0.303 e. The molecule has 2 N–H and O–H groups in total. The third kappa shape index (κ3) is 5.70. The Balaban J connectivity index is 2.04. The van der Waals surface area contributed by atoms with Crippen LogP contribution >= 0.6 is 0 Å². The molecular weight excluding hydrogens is 302 g/mol. The van der Waals surface area contributed by atoms with Crippen molar-refractivity contribution in [3.63, 3.8) is 0 Å². The van der Waals surface area contributed by atoms with Crippen LogP contribution in [0.1, 0.15) is 29.5 Å². The van der Waals surface area contributed by atoms with E-state index < -0.39 is 5.97 Å². The molecule has 4 heteroatoms. The molecule has 2 aromatic rings. The Labute approximate surface area is 143 Å². The summed E-state index contributed by atoms with van der Waals surface area (Å²) in [4.78, 5) is 10.9. The molecule has 24 heavy (non-hydrogen) atoms. The van der Waals surface area contributed by atoms with Gasteiger partial charge in [0, 0.05) is 24.6 Å². The highest BCUT2D eigenvalue weighted by atomic mass is 16.5. The number of nitrogens with one attached hydrogen (secondary N) is 1. The lowest BCUT2D eigenvalue weighted by Crippen LogP contribution is -2.31. The fourth-order valence-corrected chi connectivity index (χ4v) is 2.77. The van der Waals surface area contributed by atoms with Crippen molar-refractivity contribution in [1.29, 1.82) is 0 Å². The van der Waals surface area contributed by atoms with Crippen LogP contribution in [-0.4, -0.2) is 24.2 Å². The first-order chi connectivity index (χ1) is 11.6. The van der Waals surface area contributed by atoms with Crippen molar-refractivity contribution in [2.75, 3.05) is 7.11 Å². The number of aliphatic carboxylic acids is 1. The molecule has 0 saturated carbocycles. The summed E-state index contributed by atoms with van der Waals surface area (Å²) in [5.74, 6) is 0.0905. The molecule has 0 saturated heterocycles. The number of hydrogen-bond donors (Lipinski definition) is 2. The van der Waals surface area contributed by atoms with Crippen LogP contribution in [0.4, 0.5) is 0 Å². The van der Waals surface area contributed by atoms with Gasteiger partial charge in [-0.1, -0.05) is 48.0 Å². The summed E-state index contributed by atoms with van der Waals surface area (Å²) in [6.45, 7) is 2.71. The van der Waals surface area contributed by atoms with Crippen LogP contribution in [0, 0.1) is 6.92 Å². The van der Waals surface area contributed by atoms with E-state index in [2.05, 4.69) is 30.4 Å². The van der Waals surface area contributed by atoms with E-state index in [1.165, 1.54) is 11.1 Å². The van der Waals surface area contributed by atoms with Crippen molar-refractivity contribution >= 4 is 5.97 Å². The van der Waals surface area contributed by atoms with Crippen LogP contribution < -0.4 is 10.1 Å². The molecule has 0 radical (unpaired) electrons. The average Bonchev–Trinajstić information content (AvgIpc) is 2.58. The summed E-state index contributed by atoms with van der Waals surface area (Å²) >= 11 is 0. The zero-order valence-corrected chi connectivity index (χ0v) is 14.3. The van der Waals surface area contributed by atoms with Crippen LogP contribution in [0.2, 0.25) is 0 Å². The summed E-state index contributed by atoms with van der Waals surface area (Å²) < 4.78 is 5.41. The summed E-state index contributed by atoms with van der Waals surface area (Å²) in [6, 6.07) is 16.3. The van der Waals surface area contributed by atoms with Gasteiger partial charge in [-0.15, -0.1) is 0 Å². The first-order valence-electron chi connectivity index (χ1n) is 8.21. The number of methoxy groups -OCH3 is 1. The Bertz CT molecular complexity index is 655. The number of aryl methyl sites for hydroxylation is 1. The van der Waals surface area contributed by atoms with E-state index >= 15 is 0 Å². The van der Waals surface area contributed by atoms with Crippen molar-refractivity contribution in [3.05, 3.63) is 65.2 Å². The normalized spacial score (nSPS) is 11.9. The van der Waals surface area contributed by atoms with Gasteiger partial charge in [0.2, 0.25) is 0 Å². The second-order valence-electron chi connectivity index (χ2n) is 6.02. The average molecular weight is 327 g/mol. The lowest BCUT2D eigenvalue weighted by molar-refractivity contribution is -0.137. The van der Waals surface area contributed by atoms with Crippen molar-refractivity contribution in [2.45, 2.75) is 38.8 Å². The highest BCUT2D eigenvalue weighted by Crippen LogP contribution is 2.20. The molecule has 2 aromatic carbocycles. The van der Waals surface area contributed by atoms with Gasteiger partial charge in [0.15, 0.2) is 0 Å². The molecular formula is C20H25NO3. The summed E-state index contributed by atoms with van der Waals surface area (Å²) in [5.41, 5.74) is 3.47. The number of benzene rings is 2. The second kappa shape index (κ2) is 9.08. The van der Waals surface area contributed by atoms with Crippen LogP contribution in [0.25, 0.3) is 0 Å². The fourth-order valence-electron chi connectivity index (χ4n) is 2.77. The molecule has 0 heterocycles. The van der Waals surface area contributed by atoms with Gasteiger partial charge >= 0.3 is 5.97 Å². The maximum absolute atomic E-state index is 10.9. The summed E-state index contributed by atoms with van der Waals surface area (Å²) in [6.07, 6.45) is 1.57. The number of carbonyl (C=O) groups is 1. The maximum Gasteiger partial charge on any atom is 0.303 e. The van der Waals surface area contributed by atoms with Gasteiger partial charge in [0.1, 0.15) is 5.75 Å². The number of carboxylic acids is 1. The van der Waals surface area contributed by atoms with Gasteiger partial charge in [-0.25, -0.2) is 0 Å². The van der Waals surface area contributed by atoms with E-state index in [9.17, 15) is 4.79 Å². The molecule has 128 valence electrons. The van der Waals surface area contributed by atoms with Crippen LogP contribution in [0.5, 0.6) is 5.75 Å². The fraction of sp³-hybridized carbons (Fsp3) is 0.350. The quantitative estimate of drug-likeness (QED) is 0.739. The third-order valence-electron chi connectivity index (χ3n) is 4.05. The maximum atomic E-state index is 10.9. The lowest BCUT2D eigenvalue weighted by Gasteiger charge is -2.19. The third-order valence-corrected chi connectivity index (χ3v) is 4.05. The van der Waals surface area contributed by atoms with E-state index in [1.807, 2.05) is 30.3 Å². The molecule has 0 aliphatic heterocycles. The molecule has 2 rings (SSSR count). The molecule has 0 aliphatic rings. The Morgan fingerprint density at radius 2 is 1.96 bits per heavy atom. The van der Waals surface area contributed by atoms with Crippen LogP contribution in [-0.2, 0) is 17.8 Å². The predicted octanol–water partition coefficient (Wildman–Crippen LogP) is 3.57. The molecule has 0 spiro atoms. The topological polar surface area (TPSA) is 58.6 Å². The molecule has 4 nitrogen and oxygen atoms in total. The Morgan fingerprint density at radius 1 is 1.21 bits per heavy atom. The zero-order chi connectivity index (χ0) is 17.4. The van der Waals surface area contributed by atoms with E-state index in [0.29, 0.717) is 13.0 Å². The first-order valence-corrected chi connectivity index (χ1v) is 8.21. The van der Waals surface area contributed by atoms with E-state index in [1.54, 1.807) is 7.11 Å². The molecule has 0 bridgehead atoms. The van der Waals surface area contributed by atoms with Gasteiger partial charge in [-0.2, -0.15) is 0 Å². The molecule has 1 atom stereocenters. The van der Waals surface area contributed by atoms with Crippen LogP contribution in [0.3, 0.4) is 0 Å². The Kier molecular flexibility index (Phi) is 6.82. The van der Waals surface area contributed by atoms with E-state index in [-0.39, 0.29) is 12.5 Å². The Hall–Kier alpha value is -2.33. The van der Waals surface area contributed by atoms with Gasteiger partial charge < -0.3 is 15.2 Å². The summed E-state index contributed by atoms with van der Waals surface area (Å²) in [7, 11) is 1.67. The van der Waals surface area contributed by atoms with Gasteiger partial charge in [-0.05, 0) is 31.4 Å². The highest BCUT2D eigenvalue weighted by molar-refractivity contribution is 5.66. The molecule has 0 aromatic heterocycles. The van der Waals surface area contributed by atoms with Crippen molar-refractivity contribution < 1.29 is 14.6 Å². The molecule has 0 fully saturated rings. The van der Waals surface area contributed by atoms with Gasteiger partial charge in [-0.3, -0.25) is 4.79 Å². The number of ether oxygens (including phenoxy) is 1. The van der Waals surface area contributed by atoms with Crippen molar-refractivity contribution in [1.82, 2.24) is 5.32 Å². The predicted molar refractivity (Wildman–Crippen MR) is 95.4 cm³/mol. The molecule has 1 unspecified atom stereocenters. The minimum Gasteiger partial charge on any atom is -0.496 e. The largest absolute Gasteiger partial charge is 0.496 e. The minimum absolute atomic E-state index is 0.105. The van der Waals surface area contributed by atoms with Gasteiger partial charge in [0.25, 0.3) is 0 Å². The monoisotopic (exact) mass is 327 g/mol. The second-order valence-corrected chi connectivity index (χ2v) is 6.02. The molecule has 0 aliphatic carbocycles. The summed E-state index contributed by atoms with van der Waals surface area (Å²) in [5, 5.41) is 12.5. The highest BCUT2D eigenvalue weighted by Gasteiger charge is 2.13. The zero-order valence-electron chi connectivity index (χ0n) is 14.3. The van der Waals surface area contributed by atoms with E-state index in [4.69, 9.17) is 9.84 Å². The first kappa shape index (κ1) is 18.0.